The summed E-state index contributed by atoms with van der Waals surface area (Å²) in [4.78, 5) is 18.5. The van der Waals surface area contributed by atoms with Gasteiger partial charge in [-0.1, -0.05) is 41.1 Å². The van der Waals surface area contributed by atoms with Crippen LogP contribution in [0.5, 0.6) is 5.75 Å². The van der Waals surface area contributed by atoms with Crippen molar-refractivity contribution in [2.75, 3.05) is 20.3 Å². The summed E-state index contributed by atoms with van der Waals surface area (Å²) in [6.07, 6.45) is 0. The Morgan fingerprint density at radius 1 is 1.17 bits per heavy atom. The van der Waals surface area contributed by atoms with Gasteiger partial charge in [0.25, 0.3) is 5.91 Å². The molecule has 0 atom stereocenters. The minimum Gasteiger partial charge on any atom is -0.497 e. The molecule has 0 saturated heterocycles. The van der Waals surface area contributed by atoms with Crippen LogP contribution in [0, 0.1) is 0 Å². The van der Waals surface area contributed by atoms with E-state index in [0.717, 1.165) is 26.1 Å². The first-order chi connectivity index (χ1) is 14.1. The molecule has 0 aliphatic rings. The molecule has 0 radical (unpaired) electrons. The van der Waals surface area contributed by atoms with E-state index in [1.165, 1.54) is 22.7 Å². The quantitative estimate of drug-likeness (QED) is 0.375. The second kappa shape index (κ2) is 8.67. The third-order valence-electron chi connectivity index (χ3n) is 4.48. The third kappa shape index (κ3) is 3.96. The maximum absolute atomic E-state index is 13.0. The van der Waals surface area contributed by atoms with Crippen molar-refractivity contribution in [1.29, 1.82) is 0 Å². The highest BCUT2D eigenvalue weighted by Gasteiger charge is 2.17. The number of nitrogens with zero attached hydrogens (tertiary/aromatic N) is 2. The maximum atomic E-state index is 13.0. The van der Waals surface area contributed by atoms with Gasteiger partial charge in [0.15, 0.2) is 4.80 Å². The molecule has 0 fully saturated rings. The predicted octanol–water partition coefficient (Wildman–Crippen LogP) is 5.36. The molecule has 4 aromatic rings. The highest BCUT2D eigenvalue weighted by atomic mass is 35.5. The standard InChI is InChI=1S/C21H19ClN2O3S2/c1-3-27-11-10-24-15-9-8-13(26-2)12-17(15)29-21(24)23-20(25)19-18(22)14-6-4-5-7-16(14)28-19/h4-9,12H,3,10-11H2,1-2H3. The van der Waals surface area contributed by atoms with E-state index >= 15 is 0 Å². The number of methoxy groups -OCH3 is 1. The van der Waals surface area contributed by atoms with Crippen molar-refractivity contribution in [3.8, 4) is 5.75 Å². The number of thiazole rings is 1. The fourth-order valence-corrected chi connectivity index (χ4v) is 5.55. The van der Waals surface area contributed by atoms with Crippen molar-refractivity contribution >= 4 is 60.5 Å². The number of hydrogen-bond acceptors (Lipinski definition) is 5. The molecule has 0 saturated carbocycles. The van der Waals surface area contributed by atoms with Crippen molar-refractivity contribution in [3.05, 3.63) is 57.2 Å². The molecule has 4 rings (SSSR count). The molecule has 2 aromatic carbocycles. The number of hydrogen-bond donors (Lipinski definition) is 0. The molecule has 2 heterocycles. The molecule has 29 heavy (non-hydrogen) atoms. The van der Waals surface area contributed by atoms with Gasteiger partial charge in [0.2, 0.25) is 0 Å². The van der Waals surface area contributed by atoms with Gasteiger partial charge in [-0.3, -0.25) is 4.79 Å². The first-order valence-corrected chi connectivity index (χ1v) is 11.1. The molecule has 1 amide bonds. The van der Waals surface area contributed by atoms with Gasteiger partial charge in [-0.15, -0.1) is 11.3 Å². The minimum atomic E-state index is -0.333. The Morgan fingerprint density at radius 2 is 2.00 bits per heavy atom. The molecule has 0 spiro atoms. The number of ether oxygens (including phenoxy) is 2. The van der Waals surface area contributed by atoms with E-state index in [9.17, 15) is 4.79 Å². The number of benzene rings is 2. The zero-order valence-electron chi connectivity index (χ0n) is 16.0. The summed E-state index contributed by atoms with van der Waals surface area (Å²) in [6.45, 7) is 3.74. The summed E-state index contributed by atoms with van der Waals surface area (Å²) in [5.41, 5.74) is 0.990. The number of amides is 1. The van der Waals surface area contributed by atoms with Crippen LogP contribution in [0.25, 0.3) is 20.3 Å². The van der Waals surface area contributed by atoms with Crippen molar-refractivity contribution in [2.45, 2.75) is 13.5 Å². The maximum Gasteiger partial charge on any atom is 0.291 e. The van der Waals surface area contributed by atoms with Gasteiger partial charge in [0.05, 0.1) is 29.0 Å². The summed E-state index contributed by atoms with van der Waals surface area (Å²) in [6, 6.07) is 13.5. The lowest BCUT2D eigenvalue weighted by Gasteiger charge is -2.06. The SMILES string of the molecule is CCOCCn1c(=NC(=O)c2sc3ccccc3c2Cl)sc2cc(OC)ccc21. The Hall–Kier alpha value is -2.19. The first-order valence-electron chi connectivity index (χ1n) is 9.13. The molecule has 0 bridgehead atoms. The number of aromatic nitrogens is 1. The average Bonchev–Trinajstić information content (AvgIpc) is 3.25. The van der Waals surface area contributed by atoms with E-state index in [-0.39, 0.29) is 5.91 Å². The Labute approximate surface area is 180 Å². The van der Waals surface area contributed by atoms with Crippen molar-refractivity contribution in [2.24, 2.45) is 4.99 Å². The second-order valence-corrected chi connectivity index (χ2v) is 8.66. The molecule has 150 valence electrons. The van der Waals surface area contributed by atoms with Crippen LogP contribution in [-0.4, -0.2) is 30.8 Å². The lowest BCUT2D eigenvalue weighted by Crippen LogP contribution is -2.19. The average molecular weight is 447 g/mol. The van der Waals surface area contributed by atoms with Crippen molar-refractivity contribution in [1.82, 2.24) is 4.57 Å². The fourth-order valence-electron chi connectivity index (χ4n) is 3.07. The van der Waals surface area contributed by atoms with Crippen LogP contribution in [0.4, 0.5) is 0 Å². The number of carbonyl (C=O) groups is 1. The van der Waals surface area contributed by atoms with Gasteiger partial charge < -0.3 is 14.0 Å². The van der Waals surface area contributed by atoms with Crippen LogP contribution in [0.15, 0.2) is 47.5 Å². The fraction of sp³-hybridized carbons (Fsp3) is 0.238. The van der Waals surface area contributed by atoms with Crippen LogP contribution in [-0.2, 0) is 11.3 Å². The lowest BCUT2D eigenvalue weighted by molar-refractivity contribution is 0.100. The molecule has 8 heteroatoms. The molecule has 0 unspecified atom stereocenters. The van der Waals surface area contributed by atoms with Gasteiger partial charge in [0.1, 0.15) is 10.6 Å². The summed E-state index contributed by atoms with van der Waals surface area (Å²) in [7, 11) is 1.64. The normalized spacial score (nSPS) is 12.2. The molecule has 2 aromatic heterocycles. The number of halogens is 1. The van der Waals surface area contributed by atoms with Crippen molar-refractivity contribution in [3.63, 3.8) is 0 Å². The molecule has 0 aliphatic carbocycles. The van der Waals surface area contributed by atoms with Gasteiger partial charge in [-0.25, -0.2) is 0 Å². The summed E-state index contributed by atoms with van der Waals surface area (Å²) < 4.78 is 14.8. The summed E-state index contributed by atoms with van der Waals surface area (Å²) in [5, 5.41) is 1.34. The Kier molecular flexibility index (Phi) is 6.01. The van der Waals surface area contributed by atoms with E-state index in [0.29, 0.717) is 34.5 Å². The third-order valence-corrected chi connectivity index (χ3v) is 7.18. The van der Waals surface area contributed by atoms with E-state index in [2.05, 4.69) is 4.99 Å². The first kappa shape index (κ1) is 20.1. The highest BCUT2D eigenvalue weighted by molar-refractivity contribution is 7.21. The van der Waals surface area contributed by atoms with E-state index in [1.807, 2.05) is 54.0 Å². The number of thiophene rings is 1. The van der Waals surface area contributed by atoms with Gasteiger partial charge in [-0.05, 0) is 31.2 Å². The second-order valence-electron chi connectivity index (χ2n) is 6.23. The monoisotopic (exact) mass is 446 g/mol. The van der Waals surface area contributed by atoms with Gasteiger partial charge in [-0.2, -0.15) is 4.99 Å². The van der Waals surface area contributed by atoms with Crippen LogP contribution in [0.1, 0.15) is 16.6 Å². The number of rotatable bonds is 6. The van der Waals surface area contributed by atoms with Gasteiger partial charge >= 0.3 is 0 Å². The van der Waals surface area contributed by atoms with Gasteiger partial charge in [0, 0.05) is 23.2 Å². The van der Waals surface area contributed by atoms with Crippen molar-refractivity contribution < 1.29 is 14.3 Å². The number of fused-ring (bicyclic) bond motifs is 2. The lowest BCUT2D eigenvalue weighted by atomic mass is 10.2. The van der Waals surface area contributed by atoms with Crippen LogP contribution in [0.2, 0.25) is 5.02 Å². The zero-order valence-corrected chi connectivity index (χ0v) is 18.4. The predicted molar refractivity (Wildman–Crippen MR) is 120 cm³/mol. The van der Waals surface area contributed by atoms with E-state index < -0.39 is 0 Å². The summed E-state index contributed by atoms with van der Waals surface area (Å²) >= 11 is 9.28. The highest BCUT2D eigenvalue weighted by Crippen LogP contribution is 2.35. The largest absolute Gasteiger partial charge is 0.497 e. The number of carbonyl (C=O) groups excluding carboxylic acids is 1. The van der Waals surface area contributed by atoms with Crippen LogP contribution < -0.4 is 9.54 Å². The van der Waals surface area contributed by atoms with Crippen LogP contribution >= 0.6 is 34.3 Å². The topological polar surface area (TPSA) is 52.8 Å². The Bertz CT molecular complexity index is 1260. The molecular formula is C21H19ClN2O3S2. The van der Waals surface area contributed by atoms with E-state index in [1.54, 1.807) is 7.11 Å². The Balaban J connectivity index is 1.81. The minimum absolute atomic E-state index is 0.333. The van der Waals surface area contributed by atoms with E-state index in [4.69, 9.17) is 21.1 Å². The Morgan fingerprint density at radius 3 is 2.76 bits per heavy atom. The molecule has 0 aliphatic heterocycles. The molecule has 5 nitrogen and oxygen atoms in total. The van der Waals surface area contributed by atoms with Crippen LogP contribution in [0.3, 0.4) is 0 Å². The summed E-state index contributed by atoms with van der Waals surface area (Å²) in [5.74, 6) is 0.431. The molecule has 0 N–H and O–H groups in total. The zero-order chi connectivity index (χ0) is 20.4. The molecular weight excluding hydrogens is 428 g/mol. The smallest absolute Gasteiger partial charge is 0.291 e.